The van der Waals surface area contributed by atoms with Crippen LogP contribution in [0.2, 0.25) is 0 Å². The van der Waals surface area contributed by atoms with E-state index in [4.69, 9.17) is 4.74 Å². The SMILES string of the molecule is C=CC=C(C=C)Oc1ccc(C)cn1. The summed E-state index contributed by atoms with van der Waals surface area (Å²) >= 11 is 0. The largest absolute Gasteiger partial charge is 0.439 e. The van der Waals surface area contributed by atoms with Crippen LogP contribution < -0.4 is 4.74 Å². The molecule has 0 aliphatic rings. The van der Waals surface area contributed by atoms with E-state index in [1.54, 1.807) is 24.4 Å². The highest BCUT2D eigenvalue weighted by molar-refractivity contribution is 5.23. The summed E-state index contributed by atoms with van der Waals surface area (Å²) in [6, 6.07) is 3.76. The van der Waals surface area contributed by atoms with Gasteiger partial charge in [0.05, 0.1) is 0 Å². The summed E-state index contributed by atoms with van der Waals surface area (Å²) in [5.74, 6) is 1.19. The Morgan fingerprint density at radius 2 is 2.21 bits per heavy atom. The molecule has 0 unspecified atom stereocenters. The van der Waals surface area contributed by atoms with Gasteiger partial charge in [0.2, 0.25) is 5.88 Å². The number of hydrogen-bond donors (Lipinski definition) is 0. The maximum absolute atomic E-state index is 5.42. The number of nitrogens with zero attached hydrogens (tertiary/aromatic N) is 1. The molecule has 0 amide bonds. The Balaban J connectivity index is 2.77. The molecule has 0 atom stereocenters. The minimum atomic E-state index is 0.559. The van der Waals surface area contributed by atoms with Crippen LogP contribution in [-0.4, -0.2) is 4.98 Å². The van der Waals surface area contributed by atoms with Gasteiger partial charge in [0.15, 0.2) is 0 Å². The molecule has 1 aromatic rings. The fourth-order valence-electron chi connectivity index (χ4n) is 0.895. The van der Waals surface area contributed by atoms with Crippen molar-refractivity contribution >= 4 is 0 Å². The number of hydrogen-bond acceptors (Lipinski definition) is 2. The van der Waals surface area contributed by atoms with Gasteiger partial charge in [-0.15, -0.1) is 0 Å². The van der Waals surface area contributed by atoms with Crippen LogP contribution >= 0.6 is 0 Å². The van der Waals surface area contributed by atoms with E-state index in [0.29, 0.717) is 11.6 Å². The molecule has 0 saturated carbocycles. The van der Waals surface area contributed by atoms with Crippen LogP contribution in [0.1, 0.15) is 5.56 Å². The van der Waals surface area contributed by atoms with Crippen molar-refractivity contribution < 1.29 is 4.74 Å². The molecule has 2 nitrogen and oxygen atoms in total. The molecule has 0 bridgehead atoms. The summed E-state index contributed by atoms with van der Waals surface area (Å²) in [6.45, 7) is 9.18. The molecule has 2 heteroatoms. The molecule has 0 fully saturated rings. The highest BCUT2D eigenvalue weighted by Gasteiger charge is 1.96. The van der Waals surface area contributed by atoms with Crippen molar-refractivity contribution in [3.8, 4) is 5.88 Å². The number of ether oxygens (including phenoxy) is 1. The Morgan fingerprint density at radius 1 is 1.43 bits per heavy atom. The van der Waals surface area contributed by atoms with Crippen molar-refractivity contribution in [2.45, 2.75) is 6.92 Å². The van der Waals surface area contributed by atoms with Gasteiger partial charge in [-0.05, 0) is 24.6 Å². The third kappa shape index (κ3) is 2.90. The fraction of sp³-hybridized carbons (Fsp3) is 0.0833. The molecule has 14 heavy (non-hydrogen) atoms. The third-order valence-corrected chi connectivity index (χ3v) is 1.59. The Morgan fingerprint density at radius 3 is 2.71 bits per heavy atom. The zero-order chi connectivity index (χ0) is 10.4. The molecule has 0 spiro atoms. The summed E-state index contributed by atoms with van der Waals surface area (Å²) in [4.78, 5) is 4.10. The molecule has 72 valence electrons. The second kappa shape index (κ2) is 5.02. The molecule has 0 aromatic carbocycles. The van der Waals surface area contributed by atoms with Crippen LogP contribution in [0.4, 0.5) is 0 Å². The van der Waals surface area contributed by atoms with Crippen molar-refractivity contribution in [3.63, 3.8) is 0 Å². The predicted octanol–water partition coefficient (Wildman–Crippen LogP) is 3.02. The molecule has 0 aliphatic heterocycles. The van der Waals surface area contributed by atoms with Crippen LogP contribution in [0.5, 0.6) is 5.88 Å². The molecule has 0 N–H and O–H groups in total. The smallest absolute Gasteiger partial charge is 0.219 e. The van der Waals surface area contributed by atoms with E-state index in [9.17, 15) is 0 Å². The monoisotopic (exact) mass is 187 g/mol. The molecule has 0 radical (unpaired) electrons. The average molecular weight is 187 g/mol. The van der Waals surface area contributed by atoms with Gasteiger partial charge in [-0.1, -0.05) is 25.3 Å². The van der Waals surface area contributed by atoms with Gasteiger partial charge in [0.1, 0.15) is 5.76 Å². The molecular formula is C12H13NO. The molecule has 1 heterocycles. The van der Waals surface area contributed by atoms with E-state index in [2.05, 4.69) is 18.1 Å². The van der Waals surface area contributed by atoms with Gasteiger partial charge in [-0.25, -0.2) is 4.98 Å². The predicted molar refractivity (Wildman–Crippen MR) is 58.1 cm³/mol. The van der Waals surface area contributed by atoms with Gasteiger partial charge < -0.3 is 4.74 Å². The van der Waals surface area contributed by atoms with E-state index >= 15 is 0 Å². The Kier molecular flexibility index (Phi) is 3.68. The van der Waals surface area contributed by atoms with E-state index in [1.807, 2.05) is 19.1 Å². The standard InChI is InChI=1S/C12H13NO/c1-4-6-11(5-2)14-12-8-7-10(3)9-13-12/h4-9H,1-2H2,3H3. The van der Waals surface area contributed by atoms with Gasteiger partial charge in [-0.2, -0.15) is 0 Å². The van der Waals surface area contributed by atoms with Crippen molar-refractivity contribution in [2.75, 3.05) is 0 Å². The second-order valence-corrected chi connectivity index (χ2v) is 2.78. The molecule has 0 saturated heterocycles. The van der Waals surface area contributed by atoms with Crippen molar-refractivity contribution in [2.24, 2.45) is 0 Å². The van der Waals surface area contributed by atoms with Crippen LogP contribution in [-0.2, 0) is 0 Å². The zero-order valence-electron chi connectivity index (χ0n) is 8.23. The highest BCUT2D eigenvalue weighted by Crippen LogP contribution is 2.11. The number of aromatic nitrogens is 1. The van der Waals surface area contributed by atoms with Gasteiger partial charge in [0, 0.05) is 12.3 Å². The van der Waals surface area contributed by atoms with Crippen LogP contribution in [0.3, 0.4) is 0 Å². The second-order valence-electron chi connectivity index (χ2n) is 2.78. The fourth-order valence-corrected chi connectivity index (χ4v) is 0.895. The summed E-state index contributed by atoms with van der Waals surface area (Å²) in [5, 5.41) is 0. The lowest BCUT2D eigenvalue weighted by molar-refractivity contribution is 0.427. The van der Waals surface area contributed by atoms with E-state index in [0.717, 1.165) is 5.56 Å². The minimum Gasteiger partial charge on any atom is -0.439 e. The first-order valence-electron chi connectivity index (χ1n) is 4.32. The Bertz CT molecular complexity index is 349. The Labute approximate surface area is 84.3 Å². The van der Waals surface area contributed by atoms with E-state index in [1.165, 1.54) is 0 Å². The average Bonchev–Trinajstić information content (AvgIpc) is 2.20. The Hall–Kier alpha value is -1.83. The number of allylic oxidation sites excluding steroid dienone is 3. The van der Waals surface area contributed by atoms with E-state index in [-0.39, 0.29) is 0 Å². The zero-order valence-corrected chi connectivity index (χ0v) is 8.23. The quantitative estimate of drug-likeness (QED) is 0.534. The topological polar surface area (TPSA) is 22.1 Å². The first-order valence-corrected chi connectivity index (χ1v) is 4.32. The number of pyridine rings is 1. The summed E-state index contributed by atoms with van der Waals surface area (Å²) in [6.07, 6.45) is 6.74. The molecule has 1 aromatic heterocycles. The molecule has 1 rings (SSSR count). The maximum atomic E-state index is 5.42. The van der Waals surface area contributed by atoms with Crippen molar-refractivity contribution in [1.82, 2.24) is 4.98 Å². The maximum Gasteiger partial charge on any atom is 0.219 e. The first-order chi connectivity index (χ1) is 6.76. The number of rotatable bonds is 4. The summed E-state index contributed by atoms with van der Waals surface area (Å²) < 4.78 is 5.42. The molecule has 0 aliphatic carbocycles. The first kappa shape index (κ1) is 10.3. The highest BCUT2D eigenvalue weighted by atomic mass is 16.5. The van der Waals surface area contributed by atoms with Crippen molar-refractivity contribution in [1.29, 1.82) is 0 Å². The lowest BCUT2D eigenvalue weighted by Crippen LogP contribution is -1.93. The van der Waals surface area contributed by atoms with Crippen LogP contribution in [0.15, 0.2) is 55.5 Å². The third-order valence-electron chi connectivity index (χ3n) is 1.59. The van der Waals surface area contributed by atoms with Crippen LogP contribution in [0.25, 0.3) is 0 Å². The molecular weight excluding hydrogens is 174 g/mol. The van der Waals surface area contributed by atoms with Crippen molar-refractivity contribution in [3.05, 3.63) is 61.0 Å². The summed E-state index contributed by atoms with van der Waals surface area (Å²) in [7, 11) is 0. The summed E-state index contributed by atoms with van der Waals surface area (Å²) in [5.41, 5.74) is 1.10. The minimum absolute atomic E-state index is 0.559. The van der Waals surface area contributed by atoms with E-state index < -0.39 is 0 Å². The normalized spacial score (nSPS) is 10.8. The number of aryl methyl sites for hydroxylation is 1. The van der Waals surface area contributed by atoms with Gasteiger partial charge >= 0.3 is 0 Å². The lowest BCUT2D eigenvalue weighted by Gasteiger charge is -2.04. The van der Waals surface area contributed by atoms with Gasteiger partial charge in [0.25, 0.3) is 0 Å². The lowest BCUT2D eigenvalue weighted by atomic mass is 10.3. The van der Waals surface area contributed by atoms with Gasteiger partial charge in [-0.3, -0.25) is 0 Å². The van der Waals surface area contributed by atoms with Crippen LogP contribution in [0, 0.1) is 6.92 Å².